The van der Waals surface area contributed by atoms with Gasteiger partial charge < -0.3 is 19.5 Å². The van der Waals surface area contributed by atoms with Crippen molar-refractivity contribution in [2.24, 2.45) is 0 Å². The lowest BCUT2D eigenvalue weighted by molar-refractivity contribution is 0.136. The lowest BCUT2D eigenvalue weighted by Crippen LogP contribution is -2.31. The number of hydrogen-bond acceptors (Lipinski definition) is 4. The van der Waals surface area contributed by atoms with Crippen LogP contribution in [0.4, 0.5) is 4.79 Å². The zero-order valence-corrected chi connectivity index (χ0v) is 13.7. The number of phenols is 1. The molecule has 25 heavy (non-hydrogen) atoms. The van der Waals surface area contributed by atoms with Gasteiger partial charge in [-0.05, 0) is 29.8 Å². The Bertz CT molecular complexity index is 843. The van der Waals surface area contributed by atoms with Gasteiger partial charge in [-0.3, -0.25) is 0 Å². The molecular weight excluding hydrogens is 320 g/mol. The van der Waals surface area contributed by atoms with Crippen molar-refractivity contribution in [2.45, 2.75) is 12.5 Å². The molecule has 0 bridgehead atoms. The largest absolute Gasteiger partial charge is 0.508 e. The van der Waals surface area contributed by atoms with Crippen molar-refractivity contribution in [1.82, 2.24) is 9.88 Å². The number of hydrogen-bond donors (Lipinski definition) is 2. The molecule has 0 aliphatic heterocycles. The van der Waals surface area contributed by atoms with Gasteiger partial charge in [0.25, 0.3) is 0 Å². The highest BCUT2D eigenvalue weighted by Crippen LogP contribution is 2.30. The third-order valence-corrected chi connectivity index (χ3v) is 4.11. The first-order valence-electron chi connectivity index (χ1n) is 7.78. The number of nitrogens with zero attached hydrogens (tertiary/aromatic N) is 2. The van der Waals surface area contributed by atoms with Crippen LogP contribution >= 0.6 is 0 Å². The van der Waals surface area contributed by atoms with Gasteiger partial charge in [-0.1, -0.05) is 30.3 Å². The van der Waals surface area contributed by atoms with Crippen molar-refractivity contribution >= 4 is 6.09 Å². The topological polar surface area (TPSA) is 86.8 Å². The average Bonchev–Trinajstić information content (AvgIpc) is 3.08. The van der Waals surface area contributed by atoms with E-state index in [-0.39, 0.29) is 5.75 Å². The lowest BCUT2D eigenvalue weighted by Gasteiger charge is -2.25. The molecule has 6 heteroatoms. The zero-order chi connectivity index (χ0) is 17.8. The summed E-state index contributed by atoms with van der Waals surface area (Å²) >= 11 is 0. The Morgan fingerprint density at radius 2 is 1.84 bits per heavy atom. The van der Waals surface area contributed by atoms with E-state index in [0.29, 0.717) is 17.9 Å². The first kappa shape index (κ1) is 16.6. The van der Waals surface area contributed by atoms with Gasteiger partial charge >= 0.3 is 6.09 Å². The third kappa shape index (κ3) is 3.63. The number of aromatic nitrogens is 1. The Morgan fingerprint density at radius 3 is 2.48 bits per heavy atom. The maximum absolute atomic E-state index is 11.5. The predicted octanol–water partition coefficient (Wildman–Crippen LogP) is 3.94. The standard InChI is InChI=1S/C19H18N2O4/c1-21(19(23)24)16(13-5-3-2-4-6-13)11-17-18(20-12-25-17)14-7-9-15(22)10-8-14/h2-10,12,16,22H,11H2,1H3,(H,23,24). The minimum absolute atomic E-state index is 0.168. The van der Waals surface area contributed by atoms with Crippen LogP contribution in [-0.4, -0.2) is 33.2 Å². The minimum atomic E-state index is -1.01. The van der Waals surface area contributed by atoms with Gasteiger partial charge in [0, 0.05) is 19.0 Å². The maximum atomic E-state index is 11.5. The van der Waals surface area contributed by atoms with Gasteiger partial charge in [0.1, 0.15) is 17.2 Å². The fraction of sp³-hybridized carbons (Fsp3) is 0.158. The van der Waals surface area contributed by atoms with E-state index in [1.165, 1.54) is 18.3 Å². The van der Waals surface area contributed by atoms with Gasteiger partial charge in [0.2, 0.25) is 0 Å². The first-order chi connectivity index (χ1) is 12.1. The molecule has 2 N–H and O–H groups in total. The summed E-state index contributed by atoms with van der Waals surface area (Å²) in [7, 11) is 1.54. The van der Waals surface area contributed by atoms with Gasteiger partial charge in [-0.25, -0.2) is 9.78 Å². The second-order valence-electron chi connectivity index (χ2n) is 5.70. The summed E-state index contributed by atoms with van der Waals surface area (Å²) in [5.74, 6) is 0.759. The van der Waals surface area contributed by atoms with Crippen molar-refractivity contribution in [3.63, 3.8) is 0 Å². The molecule has 3 aromatic rings. The fourth-order valence-electron chi connectivity index (χ4n) is 2.73. The molecule has 2 aromatic carbocycles. The maximum Gasteiger partial charge on any atom is 0.407 e. The molecule has 1 unspecified atom stereocenters. The van der Waals surface area contributed by atoms with E-state index >= 15 is 0 Å². The van der Waals surface area contributed by atoms with E-state index < -0.39 is 12.1 Å². The first-order valence-corrected chi connectivity index (χ1v) is 7.78. The zero-order valence-electron chi connectivity index (χ0n) is 13.7. The number of phenolic OH excluding ortho intramolecular Hbond substituents is 1. The van der Waals surface area contributed by atoms with E-state index in [2.05, 4.69) is 4.98 Å². The number of likely N-dealkylation sites (N-methyl/N-ethyl adjacent to an activating group) is 1. The van der Waals surface area contributed by atoms with Crippen LogP contribution in [-0.2, 0) is 6.42 Å². The molecule has 1 heterocycles. The molecule has 0 fully saturated rings. The van der Waals surface area contributed by atoms with Crippen LogP contribution in [0.25, 0.3) is 11.3 Å². The molecule has 0 saturated carbocycles. The van der Waals surface area contributed by atoms with E-state index in [1.54, 1.807) is 24.3 Å². The Kier molecular flexibility index (Phi) is 4.70. The van der Waals surface area contributed by atoms with Gasteiger partial charge in [0.05, 0.1) is 6.04 Å². The number of carboxylic acid groups (broad SMARTS) is 1. The molecule has 0 radical (unpaired) electrons. The molecule has 0 aliphatic carbocycles. The molecule has 1 amide bonds. The van der Waals surface area contributed by atoms with Crippen molar-refractivity contribution in [3.05, 3.63) is 72.3 Å². The Balaban J connectivity index is 1.94. The Labute approximate surface area is 145 Å². The van der Waals surface area contributed by atoms with Gasteiger partial charge in [-0.2, -0.15) is 0 Å². The quantitative estimate of drug-likeness (QED) is 0.736. The van der Waals surface area contributed by atoms with E-state index in [4.69, 9.17) is 4.42 Å². The second kappa shape index (κ2) is 7.09. The normalized spacial score (nSPS) is 11.9. The van der Waals surface area contributed by atoms with Crippen molar-refractivity contribution in [1.29, 1.82) is 0 Å². The van der Waals surface area contributed by atoms with Crippen molar-refractivity contribution in [2.75, 3.05) is 7.05 Å². The van der Waals surface area contributed by atoms with Crippen LogP contribution in [0.2, 0.25) is 0 Å². The highest BCUT2D eigenvalue weighted by molar-refractivity contribution is 5.66. The summed E-state index contributed by atoms with van der Waals surface area (Å²) in [6.45, 7) is 0. The van der Waals surface area contributed by atoms with Gasteiger partial charge in [-0.15, -0.1) is 0 Å². The molecular formula is C19H18N2O4. The summed E-state index contributed by atoms with van der Waals surface area (Å²) in [4.78, 5) is 17.0. The van der Waals surface area contributed by atoms with Crippen molar-refractivity contribution in [3.8, 4) is 17.0 Å². The fourth-order valence-corrected chi connectivity index (χ4v) is 2.73. The summed E-state index contributed by atoms with van der Waals surface area (Å²) in [6.07, 6.45) is 0.683. The van der Waals surface area contributed by atoms with E-state index in [0.717, 1.165) is 11.1 Å². The summed E-state index contributed by atoms with van der Waals surface area (Å²) in [5, 5.41) is 18.8. The highest BCUT2D eigenvalue weighted by atomic mass is 16.4. The van der Waals surface area contributed by atoms with Crippen LogP contribution in [0.3, 0.4) is 0 Å². The molecule has 1 atom stereocenters. The average molecular weight is 338 g/mol. The number of aromatic hydroxyl groups is 1. The van der Waals surface area contributed by atoms with Gasteiger partial charge in [0.15, 0.2) is 6.39 Å². The Morgan fingerprint density at radius 1 is 1.16 bits per heavy atom. The summed E-state index contributed by atoms with van der Waals surface area (Å²) < 4.78 is 5.54. The van der Waals surface area contributed by atoms with Crippen LogP contribution in [0, 0.1) is 0 Å². The molecule has 1 aromatic heterocycles. The number of oxazole rings is 1. The number of benzene rings is 2. The van der Waals surface area contributed by atoms with E-state index in [9.17, 15) is 15.0 Å². The minimum Gasteiger partial charge on any atom is -0.508 e. The molecule has 3 rings (SSSR count). The van der Waals surface area contributed by atoms with Crippen LogP contribution in [0.15, 0.2) is 65.4 Å². The third-order valence-electron chi connectivity index (χ3n) is 4.11. The lowest BCUT2D eigenvalue weighted by atomic mass is 9.99. The molecule has 128 valence electrons. The molecule has 0 spiro atoms. The van der Waals surface area contributed by atoms with Crippen LogP contribution in [0.5, 0.6) is 5.75 Å². The van der Waals surface area contributed by atoms with E-state index in [1.807, 2.05) is 30.3 Å². The number of amides is 1. The molecule has 0 aliphatic rings. The SMILES string of the molecule is CN(C(=O)O)C(Cc1ocnc1-c1ccc(O)cc1)c1ccccc1. The highest BCUT2D eigenvalue weighted by Gasteiger charge is 2.25. The molecule has 6 nitrogen and oxygen atoms in total. The van der Waals surface area contributed by atoms with Crippen LogP contribution < -0.4 is 0 Å². The van der Waals surface area contributed by atoms with Crippen molar-refractivity contribution < 1.29 is 19.4 Å². The smallest absolute Gasteiger partial charge is 0.407 e. The molecule has 0 saturated heterocycles. The predicted molar refractivity (Wildman–Crippen MR) is 92.3 cm³/mol. The number of rotatable bonds is 5. The monoisotopic (exact) mass is 338 g/mol. The Hall–Kier alpha value is -3.28. The summed E-state index contributed by atoms with van der Waals surface area (Å²) in [6, 6.07) is 15.7. The summed E-state index contributed by atoms with van der Waals surface area (Å²) in [5.41, 5.74) is 2.31. The van der Waals surface area contributed by atoms with Crippen LogP contribution in [0.1, 0.15) is 17.4 Å². The second-order valence-corrected chi connectivity index (χ2v) is 5.70. The number of carbonyl (C=O) groups is 1.